The largest absolute Gasteiger partial charge is 0.497 e. The number of nitrogens with one attached hydrogen (secondary N) is 1. The van der Waals surface area contributed by atoms with Gasteiger partial charge in [-0.25, -0.2) is 13.2 Å². The molecule has 2 rings (SSSR count). The van der Waals surface area contributed by atoms with Crippen molar-refractivity contribution in [2.24, 2.45) is 0 Å². The van der Waals surface area contributed by atoms with Crippen molar-refractivity contribution in [1.29, 1.82) is 0 Å². The first-order chi connectivity index (χ1) is 9.99. The Morgan fingerprint density at radius 3 is 2.38 bits per heavy atom. The zero-order valence-corrected chi connectivity index (χ0v) is 13.0. The Balaban J connectivity index is 2.57. The Morgan fingerprint density at radius 2 is 1.76 bits per heavy atom. The van der Waals surface area contributed by atoms with Crippen LogP contribution in [-0.4, -0.2) is 14.2 Å². The van der Waals surface area contributed by atoms with E-state index in [0.717, 1.165) is 6.07 Å². The summed E-state index contributed by atoms with van der Waals surface area (Å²) in [5.74, 6) is -3.32. The monoisotopic (exact) mass is 359 g/mol. The predicted molar refractivity (Wildman–Crippen MR) is 77.9 cm³/mol. The molecule has 0 amide bonds. The van der Waals surface area contributed by atoms with Gasteiger partial charge in [-0.15, -0.1) is 0 Å². The van der Waals surface area contributed by atoms with Crippen molar-refractivity contribution in [2.75, 3.05) is 14.2 Å². The van der Waals surface area contributed by atoms with Gasteiger partial charge < -0.3 is 10.1 Å². The third-order valence-corrected chi connectivity index (χ3v) is 3.90. The maximum Gasteiger partial charge on any atom is 0.194 e. The second-order valence-corrected chi connectivity index (χ2v) is 5.23. The first kappa shape index (κ1) is 15.9. The molecule has 1 unspecified atom stereocenters. The van der Waals surface area contributed by atoms with Crippen LogP contribution in [0.3, 0.4) is 0 Å². The first-order valence-corrected chi connectivity index (χ1v) is 6.93. The number of ether oxygens (including phenoxy) is 1. The lowest BCUT2D eigenvalue weighted by molar-refractivity contribution is 0.413. The van der Waals surface area contributed by atoms with Crippen LogP contribution >= 0.6 is 15.9 Å². The molecule has 6 heteroatoms. The molecule has 0 aliphatic carbocycles. The minimum atomic E-state index is -1.48. The van der Waals surface area contributed by atoms with Crippen LogP contribution in [0.1, 0.15) is 17.2 Å². The highest BCUT2D eigenvalue weighted by atomic mass is 79.9. The van der Waals surface area contributed by atoms with E-state index in [0.29, 0.717) is 15.8 Å². The van der Waals surface area contributed by atoms with Crippen LogP contribution in [0, 0.1) is 17.5 Å². The van der Waals surface area contributed by atoms with Crippen molar-refractivity contribution in [3.8, 4) is 5.75 Å². The van der Waals surface area contributed by atoms with Gasteiger partial charge in [-0.2, -0.15) is 0 Å². The molecular weight excluding hydrogens is 347 g/mol. The lowest BCUT2D eigenvalue weighted by atomic mass is 9.98. The van der Waals surface area contributed by atoms with Gasteiger partial charge in [-0.05, 0) is 36.9 Å². The molecule has 0 saturated carbocycles. The van der Waals surface area contributed by atoms with E-state index in [4.69, 9.17) is 4.74 Å². The van der Waals surface area contributed by atoms with Gasteiger partial charge in [0.05, 0.1) is 13.2 Å². The smallest absolute Gasteiger partial charge is 0.194 e. The minimum Gasteiger partial charge on any atom is -0.497 e. The van der Waals surface area contributed by atoms with Crippen molar-refractivity contribution in [2.45, 2.75) is 6.04 Å². The molecule has 0 spiro atoms. The number of halogens is 4. The molecule has 2 aromatic rings. The van der Waals surface area contributed by atoms with Gasteiger partial charge in [-0.1, -0.05) is 22.0 Å². The van der Waals surface area contributed by atoms with E-state index in [-0.39, 0.29) is 5.56 Å². The topological polar surface area (TPSA) is 21.3 Å². The summed E-state index contributed by atoms with van der Waals surface area (Å²) in [4.78, 5) is 0. The van der Waals surface area contributed by atoms with Gasteiger partial charge in [0.1, 0.15) is 5.75 Å². The van der Waals surface area contributed by atoms with Crippen LogP contribution in [0.25, 0.3) is 0 Å². The maximum atomic E-state index is 14.0. The molecule has 1 N–H and O–H groups in total. The predicted octanol–water partition coefficient (Wildman–Crippen LogP) is 4.18. The van der Waals surface area contributed by atoms with Gasteiger partial charge in [0, 0.05) is 10.0 Å². The molecule has 112 valence electrons. The van der Waals surface area contributed by atoms with Crippen LogP contribution in [0.5, 0.6) is 5.75 Å². The fourth-order valence-corrected chi connectivity index (χ4v) is 2.59. The van der Waals surface area contributed by atoms with Crippen LogP contribution in [0.2, 0.25) is 0 Å². The van der Waals surface area contributed by atoms with Gasteiger partial charge in [0.2, 0.25) is 0 Å². The third-order valence-electron chi connectivity index (χ3n) is 3.18. The molecule has 0 bridgehead atoms. The molecule has 0 aliphatic heterocycles. The highest BCUT2D eigenvalue weighted by Gasteiger charge is 2.23. The first-order valence-electron chi connectivity index (χ1n) is 6.13. The lowest BCUT2D eigenvalue weighted by Gasteiger charge is -2.20. The Labute approximate surface area is 129 Å². The normalized spacial score (nSPS) is 12.3. The van der Waals surface area contributed by atoms with E-state index in [2.05, 4.69) is 21.2 Å². The summed E-state index contributed by atoms with van der Waals surface area (Å²) < 4.78 is 46.3. The average molecular weight is 360 g/mol. The van der Waals surface area contributed by atoms with Gasteiger partial charge in [0.25, 0.3) is 0 Å². The van der Waals surface area contributed by atoms with Crippen LogP contribution < -0.4 is 10.1 Å². The van der Waals surface area contributed by atoms with Crippen LogP contribution in [-0.2, 0) is 0 Å². The number of methoxy groups -OCH3 is 1. The number of rotatable bonds is 4. The molecule has 2 aromatic carbocycles. The SMILES string of the molecule is CNC(c1cc(OC)ccc1Br)c1ccc(F)c(F)c1F. The third kappa shape index (κ3) is 3.06. The second kappa shape index (κ2) is 6.49. The van der Waals surface area contributed by atoms with Crippen molar-refractivity contribution in [3.05, 3.63) is 63.4 Å². The fraction of sp³-hybridized carbons (Fsp3) is 0.200. The number of hydrogen-bond acceptors (Lipinski definition) is 2. The molecule has 21 heavy (non-hydrogen) atoms. The minimum absolute atomic E-state index is 0.0188. The zero-order chi connectivity index (χ0) is 15.6. The van der Waals surface area contributed by atoms with Crippen molar-refractivity contribution in [1.82, 2.24) is 5.32 Å². The molecule has 0 radical (unpaired) electrons. The Hall–Kier alpha value is -1.53. The van der Waals surface area contributed by atoms with Crippen molar-refractivity contribution in [3.63, 3.8) is 0 Å². The van der Waals surface area contributed by atoms with E-state index < -0.39 is 23.5 Å². The van der Waals surface area contributed by atoms with E-state index in [1.807, 2.05) is 0 Å². The highest BCUT2D eigenvalue weighted by Crippen LogP contribution is 2.33. The van der Waals surface area contributed by atoms with Crippen molar-refractivity contribution >= 4 is 15.9 Å². The van der Waals surface area contributed by atoms with Gasteiger partial charge in [0.15, 0.2) is 17.5 Å². The van der Waals surface area contributed by atoms with Gasteiger partial charge in [-0.3, -0.25) is 0 Å². The van der Waals surface area contributed by atoms with E-state index in [9.17, 15) is 13.2 Å². The summed E-state index contributed by atoms with van der Waals surface area (Å²) in [5.41, 5.74) is 0.673. The molecule has 0 aliphatic rings. The molecular formula is C15H13BrF3NO. The average Bonchev–Trinajstić information content (AvgIpc) is 2.49. The molecule has 0 heterocycles. The quantitative estimate of drug-likeness (QED) is 0.826. The van der Waals surface area contributed by atoms with E-state index in [1.165, 1.54) is 13.2 Å². The van der Waals surface area contributed by atoms with E-state index in [1.54, 1.807) is 25.2 Å². The van der Waals surface area contributed by atoms with Crippen LogP contribution in [0.4, 0.5) is 13.2 Å². The summed E-state index contributed by atoms with van der Waals surface area (Å²) >= 11 is 3.37. The molecule has 0 aromatic heterocycles. The summed E-state index contributed by atoms with van der Waals surface area (Å²) in [6, 6.07) is 6.67. The van der Waals surface area contributed by atoms with Gasteiger partial charge >= 0.3 is 0 Å². The standard InChI is InChI=1S/C15H13BrF3NO/c1-20-15(9-4-6-12(17)14(19)13(9)18)10-7-8(21-2)3-5-11(10)16/h3-7,15,20H,1-2H3. The van der Waals surface area contributed by atoms with E-state index >= 15 is 0 Å². The summed E-state index contributed by atoms with van der Waals surface area (Å²) in [5, 5.41) is 2.90. The number of benzene rings is 2. The Bertz CT molecular complexity index is 664. The summed E-state index contributed by atoms with van der Waals surface area (Å²) in [6.45, 7) is 0. The number of hydrogen-bond donors (Lipinski definition) is 1. The molecule has 0 saturated heterocycles. The molecule has 0 fully saturated rings. The lowest BCUT2D eigenvalue weighted by Crippen LogP contribution is -2.20. The Kier molecular flexibility index (Phi) is 4.90. The highest BCUT2D eigenvalue weighted by molar-refractivity contribution is 9.10. The maximum absolute atomic E-state index is 14.0. The zero-order valence-electron chi connectivity index (χ0n) is 11.4. The fourth-order valence-electron chi connectivity index (χ4n) is 2.11. The molecule has 1 atom stereocenters. The Morgan fingerprint density at radius 1 is 1.05 bits per heavy atom. The second-order valence-electron chi connectivity index (χ2n) is 4.37. The summed E-state index contributed by atoms with van der Waals surface area (Å²) in [6.07, 6.45) is 0. The van der Waals surface area contributed by atoms with Crippen LogP contribution in [0.15, 0.2) is 34.8 Å². The van der Waals surface area contributed by atoms with Crippen molar-refractivity contribution < 1.29 is 17.9 Å². The molecule has 2 nitrogen and oxygen atoms in total. The summed E-state index contributed by atoms with van der Waals surface area (Å²) in [7, 11) is 3.12.